The zero-order valence-corrected chi connectivity index (χ0v) is 16.5. The van der Waals surface area contributed by atoms with Crippen molar-refractivity contribution in [2.45, 2.75) is 13.1 Å². The lowest BCUT2D eigenvalue weighted by Gasteiger charge is -2.17. The highest BCUT2D eigenvalue weighted by atomic mass is 35.5. The molecule has 0 radical (unpaired) electrons. The summed E-state index contributed by atoms with van der Waals surface area (Å²) in [5, 5.41) is 2.83. The number of methoxy groups -OCH3 is 1. The van der Waals surface area contributed by atoms with Crippen molar-refractivity contribution < 1.29 is 4.74 Å². The van der Waals surface area contributed by atoms with Gasteiger partial charge in [-0.05, 0) is 53.7 Å². The number of ether oxygens (including phenoxy) is 1. The topological polar surface area (TPSA) is 46.8 Å². The van der Waals surface area contributed by atoms with Gasteiger partial charge < -0.3 is 4.74 Å². The highest BCUT2D eigenvalue weighted by Crippen LogP contribution is 2.22. The van der Waals surface area contributed by atoms with E-state index in [1.165, 1.54) is 15.4 Å². The van der Waals surface area contributed by atoms with E-state index < -0.39 is 0 Å². The predicted molar refractivity (Wildman–Crippen MR) is 112 cm³/mol. The molecule has 0 N–H and O–H groups in total. The third-order valence-electron chi connectivity index (χ3n) is 4.67. The fourth-order valence-corrected chi connectivity index (χ4v) is 3.51. The molecule has 0 amide bonds. The Morgan fingerprint density at radius 3 is 2.64 bits per heavy atom. The highest BCUT2D eigenvalue weighted by molar-refractivity contribution is 6.30. The first-order valence-corrected chi connectivity index (χ1v) is 9.33. The normalized spacial score (nSPS) is 11.4. The van der Waals surface area contributed by atoms with E-state index in [0.717, 1.165) is 23.4 Å². The molecule has 2 aromatic heterocycles. The van der Waals surface area contributed by atoms with Crippen LogP contribution in [0.15, 0.2) is 65.6 Å². The van der Waals surface area contributed by atoms with Crippen molar-refractivity contribution in [3.05, 3.63) is 87.4 Å². The van der Waals surface area contributed by atoms with E-state index in [1.54, 1.807) is 31.5 Å². The van der Waals surface area contributed by atoms with Crippen LogP contribution >= 0.6 is 11.6 Å². The third-order valence-corrected chi connectivity index (χ3v) is 4.90. The molecule has 0 atom stereocenters. The van der Waals surface area contributed by atoms with Gasteiger partial charge in [0.25, 0.3) is 5.56 Å². The molecule has 142 valence electrons. The molecule has 0 saturated carbocycles. The van der Waals surface area contributed by atoms with Gasteiger partial charge >= 0.3 is 0 Å². The van der Waals surface area contributed by atoms with Gasteiger partial charge in [0, 0.05) is 25.4 Å². The maximum atomic E-state index is 12.3. The van der Waals surface area contributed by atoms with Crippen LogP contribution in [0.4, 0.5) is 0 Å². The fourth-order valence-electron chi connectivity index (χ4n) is 3.35. The molecule has 4 aromatic rings. The summed E-state index contributed by atoms with van der Waals surface area (Å²) in [5.41, 5.74) is 2.40. The summed E-state index contributed by atoms with van der Waals surface area (Å²) in [6, 6.07) is 17.5. The lowest BCUT2D eigenvalue weighted by atomic mass is 10.1. The summed E-state index contributed by atoms with van der Waals surface area (Å²) in [7, 11) is 3.69. The molecule has 0 aliphatic rings. The predicted octanol–water partition coefficient (Wildman–Crippen LogP) is 4.14. The summed E-state index contributed by atoms with van der Waals surface area (Å²) in [6.07, 6.45) is 1.59. The zero-order chi connectivity index (χ0) is 19.7. The highest BCUT2D eigenvalue weighted by Gasteiger charge is 2.08. The molecule has 0 saturated heterocycles. The summed E-state index contributed by atoms with van der Waals surface area (Å²) >= 11 is 5.96. The lowest BCUT2D eigenvalue weighted by molar-refractivity contribution is 0.315. The van der Waals surface area contributed by atoms with Crippen LogP contribution in [0.2, 0.25) is 5.02 Å². The Bertz CT molecular complexity index is 1220. The van der Waals surface area contributed by atoms with Gasteiger partial charge in [-0.25, -0.2) is 4.98 Å². The number of fused-ring (bicyclic) bond motifs is 2. The minimum atomic E-state index is -0.129. The van der Waals surface area contributed by atoms with Gasteiger partial charge in [0.05, 0.1) is 17.8 Å². The molecule has 0 bridgehead atoms. The molecular formula is C22H20ClN3O2. The first-order valence-electron chi connectivity index (χ1n) is 8.95. The van der Waals surface area contributed by atoms with Crippen molar-refractivity contribution in [2.75, 3.05) is 14.2 Å². The third kappa shape index (κ3) is 3.86. The summed E-state index contributed by atoms with van der Waals surface area (Å²) in [6.45, 7) is 1.33. The number of benzene rings is 2. The second-order valence-electron chi connectivity index (χ2n) is 6.88. The molecule has 6 heteroatoms. The van der Waals surface area contributed by atoms with Gasteiger partial charge in [-0.1, -0.05) is 29.8 Å². The number of pyridine rings is 1. The smallest absolute Gasteiger partial charge is 0.258 e. The van der Waals surface area contributed by atoms with E-state index in [0.29, 0.717) is 17.2 Å². The van der Waals surface area contributed by atoms with Gasteiger partial charge in [0.2, 0.25) is 0 Å². The van der Waals surface area contributed by atoms with Crippen molar-refractivity contribution in [1.82, 2.24) is 14.3 Å². The van der Waals surface area contributed by atoms with Crippen molar-refractivity contribution in [2.24, 2.45) is 0 Å². The lowest BCUT2D eigenvalue weighted by Crippen LogP contribution is -2.21. The van der Waals surface area contributed by atoms with Gasteiger partial charge in [0.15, 0.2) is 0 Å². The molecule has 2 heterocycles. The fraction of sp³-hybridized carbons (Fsp3) is 0.182. The minimum Gasteiger partial charge on any atom is -0.497 e. The van der Waals surface area contributed by atoms with Crippen LogP contribution in [0.25, 0.3) is 16.4 Å². The Morgan fingerprint density at radius 1 is 1.04 bits per heavy atom. The molecule has 0 fully saturated rings. The van der Waals surface area contributed by atoms with Crippen LogP contribution in [0.3, 0.4) is 0 Å². The van der Waals surface area contributed by atoms with Crippen LogP contribution in [-0.4, -0.2) is 28.4 Å². The molecule has 5 nitrogen and oxygen atoms in total. The van der Waals surface area contributed by atoms with E-state index in [2.05, 4.69) is 34.1 Å². The molecule has 0 unspecified atom stereocenters. The Kier molecular flexibility index (Phi) is 5.03. The Hall–Kier alpha value is -2.89. The number of halogens is 1. The molecular weight excluding hydrogens is 374 g/mol. The first-order chi connectivity index (χ1) is 13.5. The zero-order valence-electron chi connectivity index (χ0n) is 15.7. The second-order valence-corrected chi connectivity index (χ2v) is 7.32. The monoisotopic (exact) mass is 393 g/mol. The van der Waals surface area contributed by atoms with Crippen LogP contribution in [-0.2, 0) is 13.1 Å². The summed E-state index contributed by atoms with van der Waals surface area (Å²) in [4.78, 5) is 19.0. The van der Waals surface area contributed by atoms with Crippen LogP contribution in [0.5, 0.6) is 5.75 Å². The van der Waals surface area contributed by atoms with E-state index >= 15 is 0 Å². The molecule has 2 aromatic carbocycles. The Morgan fingerprint density at radius 2 is 1.82 bits per heavy atom. The minimum absolute atomic E-state index is 0.129. The number of nitrogens with zero attached hydrogens (tertiary/aromatic N) is 3. The number of aromatic nitrogens is 2. The van der Waals surface area contributed by atoms with Crippen molar-refractivity contribution in [3.8, 4) is 5.75 Å². The van der Waals surface area contributed by atoms with E-state index in [9.17, 15) is 4.79 Å². The van der Waals surface area contributed by atoms with Crippen molar-refractivity contribution in [3.63, 3.8) is 0 Å². The average molecular weight is 394 g/mol. The van der Waals surface area contributed by atoms with Crippen LogP contribution < -0.4 is 10.3 Å². The van der Waals surface area contributed by atoms with Gasteiger partial charge in [0.1, 0.15) is 11.4 Å². The van der Waals surface area contributed by atoms with Crippen LogP contribution in [0.1, 0.15) is 11.3 Å². The SMILES string of the molecule is COc1ccc2cc(CN(C)Cc3cc(=O)n4cc(Cl)ccc4n3)ccc2c1. The summed E-state index contributed by atoms with van der Waals surface area (Å²) < 4.78 is 6.74. The second kappa shape index (κ2) is 7.62. The number of hydrogen-bond acceptors (Lipinski definition) is 4. The molecule has 0 aliphatic heterocycles. The largest absolute Gasteiger partial charge is 0.497 e. The van der Waals surface area contributed by atoms with Gasteiger partial charge in [-0.15, -0.1) is 0 Å². The first kappa shape index (κ1) is 18.5. The van der Waals surface area contributed by atoms with Crippen molar-refractivity contribution >= 4 is 28.0 Å². The van der Waals surface area contributed by atoms with Crippen molar-refractivity contribution in [1.29, 1.82) is 0 Å². The molecule has 4 rings (SSSR count). The van der Waals surface area contributed by atoms with E-state index in [1.807, 2.05) is 19.2 Å². The molecule has 0 aliphatic carbocycles. The maximum Gasteiger partial charge on any atom is 0.258 e. The summed E-state index contributed by atoms with van der Waals surface area (Å²) in [5.74, 6) is 0.854. The maximum absolute atomic E-state index is 12.3. The van der Waals surface area contributed by atoms with E-state index in [4.69, 9.17) is 16.3 Å². The van der Waals surface area contributed by atoms with Gasteiger partial charge in [-0.3, -0.25) is 14.1 Å². The standard InChI is InChI=1S/C22H20ClN3O2/c1-25(12-15-3-4-17-10-20(28-2)7-5-16(17)9-15)14-19-11-22(27)26-13-18(23)6-8-21(26)24-19/h3-11,13H,12,14H2,1-2H3. The molecule has 28 heavy (non-hydrogen) atoms. The number of rotatable bonds is 5. The molecule has 0 spiro atoms. The van der Waals surface area contributed by atoms with Crippen LogP contribution in [0, 0.1) is 0 Å². The van der Waals surface area contributed by atoms with E-state index in [-0.39, 0.29) is 5.56 Å². The Labute approximate surface area is 167 Å². The quantitative estimate of drug-likeness (QED) is 0.511. The Balaban J connectivity index is 1.53. The number of hydrogen-bond donors (Lipinski definition) is 0. The average Bonchev–Trinajstić information content (AvgIpc) is 2.68. The van der Waals surface area contributed by atoms with Gasteiger partial charge in [-0.2, -0.15) is 0 Å².